The summed E-state index contributed by atoms with van der Waals surface area (Å²) < 4.78 is 0. The van der Waals surface area contributed by atoms with Crippen LogP contribution in [0.5, 0.6) is 0 Å². The molecule has 2 aromatic rings. The third kappa shape index (κ3) is 2.94. The summed E-state index contributed by atoms with van der Waals surface area (Å²) in [5, 5.41) is 0.525. The van der Waals surface area contributed by atoms with Crippen LogP contribution in [0, 0.1) is 0 Å². The van der Waals surface area contributed by atoms with Crippen LogP contribution >= 0.6 is 23.4 Å². The van der Waals surface area contributed by atoms with E-state index in [0.29, 0.717) is 17.1 Å². The third-order valence-electron chi connectivity index (χ3n) is 3.82. The van der Waals surface area contributed by atoms with E-state index in [1.165, 1.54) is 11.1 Å². The molecule has 0 radical (unpaired) electrons. The van der Waals surface area contributed by atoms with Crippen LogP contribution in [0.15, 0.2) is 47.4 Å². The minimum atomic E-state index is 0.0189. The zero-order chi connectivity index (χ0) is 14.8. The summed E-state index contributed by atoms with van der Waals surface area (Å²) in [7, 11) is 0. The number of hydrogen-bond donors (Lipinski definition) is 0. The minimum absolute atomic E-state index is 0.0189. The lowest BCUT2D eigenvalue weighted by Gasteiger charge is -2.29. The summed E-state index contributed by atoms with van der Waals surface area (Å²) in [5.41, 5.74) is 3.17. The van der Waals surface area contributed by atoms with Crippen LogP contribution in [0.25, 0.3) is 0 Å². The maximum atomic E-state index is 12.7. The van der Waals surface area contributed by atoms with Crippen LogP contribution in [0.3, 0.4) is 0 Å². The van der Waals surface area contributed by atoms with Gasteiger partial charge in [0, 0.05) is 18.0 Å². The van der Waals surface area contributed by atoms with E-state index in [2.05, 4.69) is 18.2 Å². The molecule has 0 bridgehead atoms. The fourth-order valence-corrected chi connectivity index (χ4v) is 3.27. The van der Waals surface area contributed by atoms with Gasteiger partial charge in [0.25, 0.3) is 5.91 Å². The highest BCUT2D eigenvalue weighted by Crippen LogP contribution is 2.26. The first-order chi connectivity index (χ1) is 10.2. The highest BCUT2D eigenvalue weighted by molar-refractivity contribution is 7.98. The first-order valence-corrected chi connectivity index (χ1v) is 8.49. The van der Waals surface area contributed by atoms with Gasteiger partial charge >= 0.3 is 0 Å². The molecule has 0 atom stereocenters. The Morgan fingerprint density at radius 3 is 2.71 bits per heavy atom. The van der Waals surface area contributed by atoms with E-state index in [1.54, 1.807) is 17.8 Å². The van der Waals surface area contributed by atoms with Gasteiger partial charge in [0.2, 0.25) is 0 Å². The Hall–Kier alpha value is -1.45. The number of carbonyl (C=O) groups is 1. The molecule has 0 saturated carbocycles. The predicted molar refractivity (Wildman–Crippen MR) is 88.1 cm³/mol. The van der Waals surface area contributed by atoms with Crippen molar-refractivity contribution in [2.24, 2.45) is 0 Å². The Bertz CT molecular complexity index is 686. The van der Waals surface area contributed by atoms with E-state index in [4.69, 9.17) is 11.6 Å². The van der Waals surface area contributed by atoms with Gasteiger partial charge in [-0.1, -0.05) is 35.9 Å². The molecule has 2 nitrogen and oxygen atoms in total. The maximum absolute atomic E-state index is 12.7. The number of nitrogens with zero attached hydrogens (tertiary/aromatic N) is 1. The molecule has 0 aliphatic carbocycles. The lowest BCUT2D eigenvalue weighted by atomic mass is 9.99. The van der Waals surface area contributed by atoms with Crippen molar-refractivity contribution in [3.63, 3.8) is 0 Å². The van der Waals surface area contributed by atoms with E-state index in [-0.39, 0.29) is 5.91 Å². The van der Waals surface area contributed by atoms with E-state index >= 15 is 0 Å². The van der Waals surface area contributed by atoms with E-state index in [9.17, 15) is 4.79 Å². The molecule has 0 spiro atoms. The first kappa shape index (κ1) is 14.5. The summed E-state index contributed by atoms with van der Waals surface area (Å²) >= 11 is 7.83. The number of thioether (sulfide) groups is 1. The standard InChI is InChI=1S/C17H16ClNOS/c1-21-14-6-7-16(18)15(10-14)17(20)19-9-8-12-4-2-3-5-13(12)11-19/h2-7,10H,8-9,11H2,1H3. The molecule has 1 aliphatic rings. The van der Waals surface area contributed by atoms with Gasteiger partial charge in [0.1, 0.15) is 0 Å². The minimum Gasteiger partial charge on any atom is -0.334 e. The quantitative estimate of drug-likeness (QED) is 0.771. The summed E-state index contributed by atoms with van der Waals surface area (Å²) in [6.45, 7) is 1.41. The number of hydrogen-bond acceptors (Lipinski definition) is 2. The smallest absolute Gasteiger partial charge is 0.255 e. The van der Waals surface area contributed by atoms with Gasteiger partial charge in [0.15, 0.2) is 0 Å². The van der Waals surface area contributed by atoms with Crippen molar-refractivity contribution in [1.82, 2.24) is 4.90 Å². The number of halogens is 1. The average Bonchev–Trinajstić information content (AvgIpc) is 2.54. The number of amides is 1. The molecular formula is C17H16ClNOS. The van der Waals surface area contributed by atoms with Crippen LogP contribution in [0.1, 0.15) is 21.5 Å². The lowest BCUT2D eigenvalue weighted by Crippen LogP contribution is -2.36. The zero-order valence-corrected chi connectivity index (χ0v) is 13.4. The average molecular weight is 318 g/mol. The van der Waals surface area contributed by atoms with Gasteiger partial charge in [-0.3, -0.25) is 4.79 Å². The van der Waals surface area contributed by atoms with E-state index < -0.39 is 0 Å². The van der Waals surface area contributed by atoms with Crippen molar-refractivity contribution in [1.29, 1.82) is 0 Å². The number of fused-ring (bicyclic) bond motifs is 1. The zero-order valence-electron chi connectivity index (χ0n) is 11.8. The van der Waals surface area contributed by atoms with Crippen molar-refractivity contribution >= 4 is 29.3 Å². The van der Waals surface area contributed by atoms with Crippen LogP contribution in [-0.2, 0) is 13.0 Å². The predicted octanol–water partition coefficient (Wildman–Crippen LogP) is 4.26. The Labute approximate surface area is 134 Å². The van der Waals surface area contributed by atoms with Crippen molar-refractivity contribution in [3.8, 4) is 0 Å². The second-order valence-corrected chi connectivity index (χ2v) is 6.38. The summed E-state index contributed by atoms with van der Waals surface area (Å²) in [6, 6.07) is 13.9. The van der Waals surface area contributed by atoms with E-state index in [0.717, 1.165) is 17.9 Å². The van der Waals surface area contributed by atoms with Crippen LogP contribution in [-0.4, -0.2) is 23.6 Å². The van der Waals surface area contributed by atoms with Gasteiger partial charge in [-0.2, -0.15) is 0 Å². The topological polar surface area (TPSA) is 20.3 Å². The van der Waals surface area contributed by atoms with Gasteiger partial charge in [-0.25, -0.2) is 0 Å². The normalized spacial score (nSPS) is 13.9. The molecule has 2 aromatic carbocycles. The fraction of sp³-hybridized carbons (Fsp3) is 0.235. The van der Waals surface area contributed by atoms with Crippen LogP contribution in [0.4, 0.5) is 0 Å². The van der Waals surface area contributed by atoms with Gasteiger partial charge < -0.3 is 4.90 Å². The first-order valence-electron chi connectivity index (χ1n) is 6.88. The van der Waals surface area contributed by atoms with Crippen molar-refractivity contribution < 1.29 is 4.79 Å². The molecule has 0 N–H and O–H groups in total. The third-order valence-corrected chi connectivity index (χ3v) is 4.88. The second-order valence-electron chi connectivity index (χ2n) is 5.09. The molecule has 4 heteroatoms. The number of rotatable bonds is 2. The molecule has 3 rings (SSSR count). The number of benzene rings is 2. The molecule has 0 fully saturated rings. The van der Waals surface area contributed by atoms with Crippen LogP contribution < -0.4 is 0 Å². The lowest BCUT2D eigenvalue weighted by molar-refractivity contribution is 0.0734. The molecule has 108 valence electrons. The Kier molecular flexibility index (Phi) is 4.22. The number of carbonyl (C=O) groups excluding carboxylic acids is 1. The second kappa shape index (κ2) is 6.12. The highest BCUT2D eigenvalue weighted by Gasteiger charge is 2.23. The maximum Gasteiger partial charge on any atom is 0.255 e. The summed E-state index contributed by atoms with van der Waals surface area (Å²) in [4.78, 5) is 15.7. The summed E-state index contributed by atoms with van der Waals surface area (Å²) in [6.07, 6.45) is 2.90. The molecule has 1 amide bonds. The van der Waals surface area contributed by atoms with Crippen molar-refractivity contribution in [2.45, 2.75) is 17.9 Å². The van der Waals surface area contributed by atoms with Crippen molar-refractivity contribution in [2.75, 3.05) is 12.8 Å². The Balaban J connectivity index is 1.87. The molecule has 0 saturated heterocycles. The van der Waals surface area contributed by atoms with Gasteiger partial charge in [-0.05, 0) is 42.0 Å². The monoisotopic (exact) mass is 317 g/mol. The molecule has 0 unspecified atom stereocenters. The van der Waals surface area contributed by atoms with Crippen molar-refractivity contribution in [3.05, 3.63) is 64.2 Å². The fourth-order valence-electron chi connectivity index (χ4n) is 2.63. The molecule has 0 aromatic heterocycles. The SMILES string of the molecule is CSc1ccc(Cl)c(C(=O)N2CCc3ccccc3C2)c1. The molecule has 21 heavy (non-hydrogen) atoms. The largest absolute Gasteiger partial charge is 0.334 e. The highest BCUT2D eigenvalue weighted by atomic mass is 35.5. The molecular weight excluding hydrogens is 302 g/mol. The van der Waals surface area contributed by atoms with Gasteiger partial charge in [-0.15, -0.1) is 11.8 Å². The molecule has 1 aliphatic heterocycles. The Morgan fingerprint density at radius 2 is 1.95 bits per heavy atom. The van der Waals surface area contributed by atoms with Gasteiger partial charge in [0.05, 0.1) is 10.6 Å². The Morgan fingerprint density at radius 1 is 1.19 bits per heavy atom. The van der Waals surface area contributed by atoms with Crippen LogP contribution in [0.2, 0.25) is 5.02 Å². The molecule has 1 heterocycles. The van der Waals surface area contributed by atoms with E-state index in [1.807, 2.05) is 29.4 Å². The summed E-state index contributed by atoms with van der Waals surface area (Å²) in [5.74, 6) is 0.0189.